The zero-order valence-electron chi connectivity index (χ0n) is 17.5. The number of nitrogens with zero attached hydrogens (tertiary/aromatic N) is 4. The summed E-state index contributed by atoms with van der Waals surface area (Å²) < 4.78 is 4.29. The lowest BCUT2D eigenvalue weighted by Crippen LogP contribution is -2.14. The zero-order valence-corrected chi connectivity index (χ0v) is 21.5. The van der Waals surface area contributed by atoms with E-state index in [1.165, 1.54) is 33.2 Å². The molecule has 0 saturated heterocycles. The van der Waals surface area contributed by atoms with E-state index >= 15 is 0 Å². The molecule has 3 aromatic heterocycles. The molecule has 10 heteroatoms. The maximum Gasteiger partial charge on any atom is 0.236 e. The van der Waals surface area contributed by atoms with Crippen molar-refractivity contribution in [3.8, 4) is 22.6 Å². The standard InChI is InChI=1S/C23H18BrN5OS3/c1-2-29-21(17-11-31-19-6-4-3-5-16(17)19)27-28-23(29)33-13-20(30)26-22-25-18(12-32-22)14-7-9-15(24)10-8-14/h3-12H,2,13H2,1H3,(H,25,26,30). The number of thioether (sulfide) groups is 1. The van der Waals surface area contributed by atoms with Crippen LogP contribution in [0.25, 0.3) is 32.7 Å². The molecule has 0 aliphatic rings. The molecule has 2 aromatic carbocycles. The Morgan fingerprint density at radius 1 is 1.09 bits per heavy atom. The van der Waals surface area contributed by atoms with Crippen molar-refractivity contribution < 1.29 is 4.79 Å². The third kappa shape index (κ3) is 4.74. The lowest BCUT2D eigenvalue weighted by molar-refractivity contribution is -0.113. The highest BCUT2D eigenvalue weighted by atomic mass is 79.9. The maximum absolute atomic E-state index is 12.6. The van der Waals surface area contributed by atoms with Gasteiger partial charge in [-0.1, -0.05) is 58.0 Å². The van der Waals surface area contributed by atoms with Gasteiger partial charge in [0.15, 0.2) is 16.1 Å². The first kappa shape index (κ1) is 22.3. The molecule has 3 heterocycles. The number of thiophene rings is 1. The maximum atomic E-state index is 12.6. The van der Waals surface area contributed by atoms with E-state index in [1.54, 1.807) is 11.3 Å². The molecule has 0 spiro atoms. The number of nitrogens with one attached hydrogen (secondary N) is 1. The van der Waals surface area contributed by atoms with Gasteiger partial charge in [-0.25, -0.2) is 4.98 Å². The summed E-state index contributed by atoms with van der Waals surface area (Å²) in [5, 5.41) is 18.2. The van der Waals surface area contributed by atoms with Gasteiger partial charge in [0.1, 0.15) is 0 Å². The van der Waals surface area contributed by atoms with Gasteiger partial charge in [0.05, 0.1) is 11.4 Å². The fourth-order valence-electron chi connectivity index (χ4n) is 3.40. The van der Waals surface area contributed by atoms with Crippen LogP contribution in [0.5, 0.6) is 0 Å². The van der Waals surface area contributed by atoms with Crippen LogP contribution in [-0.4, -0.2) is 31.4 Å². The molecule has 5 aromatic rings. The van der Waals surface area contributed by atoms with E-state index < -0.39 is 0 Å². The Bertz CT molecular complexity index is 1420. The van der Waals surface area contributed by atoms with Crippen molar-refractivity contribution in [2.75, 3.05) is 11.1 Å². The molecule has 0 unspecified atom stereocenters. The molecule has 166 valence electrons. The monoisotopic (exact) mass is 555 g/mol. The number of amides is 1. The molecule has 1 N–H and O–H groups in total. The summed E-state index contributed by atoms with van der Waals surface area (Å²) in [6, 6.07) is 16.2. The van der Waals surface area contributed by atoms with Crippen molar-refractivity contribution in [2.24, 2.45) is 0 Å². The number of aromatic nitrogens is 4. The molecule has 0 aliphatic carbocycles. The molecule has 1 amide bonds. The Balaban J connectivity index is 1.26. The molecule has 5 rings (SSSR count). The molecule has 0 atom stereocenters. The van der Waals surface area contributed by atoms with Crippen LogP contribution in [0, 0.1) is 0 Å². The van der Waals surface area contributed by atoms with E-state index in [1.807, 2.05) is 41.8 Å². The van der Waals surface area contributed by atoms with Gasteiger partial charge in [0.25, 0.3) is 0 Å². The second-order valence-corrected chi connectivity index (χ2v) is 10.7. The average molecular weight is 557 g/mol. The fraction of sp³-hybridized carbons (Fsp3) is 0.130. The Hall–Kier alpha value is -2.53. The summed E-state index contributed by atoms with van der Waals surface area (Å²) in [7, 11) is 0. The Labute approximate surface area is 211 Å². The minimum Gasteiger partial charge on any atom is -0.302 e. The van der Waals surface area contributed by atoms with Gasteiger partial charge < -0.3 is 9.88 Å². The molecule has 0 fully saturated rings. The molecular formula is C23H18BrN5OS3. The van der Waals surface area contributed by atoms with Crippen LogP contribution in [0.15, 0.2) is 68.9 Å². The quantitative estimate of drug-likeness (QED) is 0.223. The van der Waals surface area contributed by atoms with Gasteiger partial charge in [0.2, 0.25) is 5.91 Å². The SMILES string of the molecule is CCn1c(SCC(=O)Nc2nc(-c3ccc(Br)cc3)cs2)nnc1-c1csc2ccccc12. The molecule has 0 saturated carbocycles. The van der Waals surface area contributed by atoms with Crippen LogP contribution in [0.1, 0.15) is 6.92 Å². The molecule has 0 radical (unpaired) electrons. The van der Waals surface area contributed by atoms with Crippen LogP contribution in [0.2, 0.25) is 0 Å². The average Bonchev–Trinajstić information content (AvgIpc) is 3.56. The first-order chi connectivity index (χ1) is 16.1. The van der Waals surface area contributed by atoms with Gasteiger partial charge in [-0.05, 0) is 25.1 Å². The van der Waals surface area contributed by atoms with Crippen LogP contribution in [-0.2, 0) is 11.3 Å². The highest BCUT2D eigenvalue weighted by Crippen LogP contribution is 2.34. The predicted octanol–water partition coefficient (Wildman–Crippen LogP) is 6.80. The number of hydrogen-bond donors (Lipinski definition) is 1. The van der Waals surface area contributed by atoms with Crippen molar-refractivity contribution in [1.29, 1.82) is 0 Å². The van der Waals surface area contributed by atoms with E-state index in [0.717, 1.165) is 38.8 Å². The van der Waals surface area contributed by atoms with Crippen LogP contribution < -0.4 is 5.32 Å². The fourth-order valence-corrected chi connectivity index (χ4v) is 6.14. The van der Waals surface area contributed by atoms with Crippen molar-refractivity contribution in [1.82, 2.24) is 19.7 Å². The van der Waals surface area contributed by atoms with E-state index in [4.69, 9.17) is 0 Å². The van der Waals surface area contributed by atoms with Crippen molar-refractivity contribution >= 4 is 71.5 Å². The van der Waals surface area contributed by atoms with Crippen LogP contribution >= 0.6 is 50.4 Å². The van der Waals surface area contributed by atoms with Crippen molar-refractivity contribution in [3.05, 3.63) is 63.8 Å². The summed E-state index contributed by atoms with van der Waals surface area (Å²) >= 11 is 7.93. The number of fused-ring (bicyclic) bond motifs is 1. The van der Waals surface area contributed by atoms with Gasteiger partial charge >= 0.3 is 0 Å². The number of hydrogen-bond acceptors (Lipinski definition) is 7. The second kappa shape index (κ2) is 9.76. The summed E-state index contributed by atoms with van der Waals surface area (Å²) in [6.45, 7) is 2.78. The number of benzene rings is 2. The zero-order chi connectivity index (χ0) is 22.8. The summed E-state index contributed by atoms with van der Waals surface area (Å²) in [5.74, 6) is 0.942. The van der Waals surface area contributed by atoms with E-state index in [9.17, 15) is 4.79 Å². The highest BCUT2D eigenvalue weighted by molar-refractivity contribution is 9.10. The molecule has 0 aliphatic heterocycles. The topological polar surface area (TPSA) is 72.7 Å². The van der Waals surface area contributed by atoms with E-state index in [-0.39, 0.29) is 11.7 Å². The van der Waals surface area contributed by atoms with E-state index in [2.05, 4.69) is 65.4 Å². The summed E-state index contributed by atoms with van der Waals surface area (Å²) in [6.07, 6.45) is 0. The Morgan fingerprint density at radius 3 is 2.73 bits per heavy atom. The third-order valence-electron chi connectivity index (χ3n) is 4.98. The molecule has 33 heavy (non-hydrogen) atoms. The summed E-state index contributed by atoms with van der Waals surface area (Å²) in [5.41, 5.74) is 2.92. The number of carbonyl (C=O) groups is 1. The van der Waals surface area contributed by atoms with Gasteiger partial charge in [-0.15, -0.1) is 32.9 Å². The molecule has 6 nitrogen and oxygen atoms in total. The number of anilines is 1. The van der Waals surface area contributed by atoms with Gasteiger partial charge in [0, 0.05) is 43.0 Å². The first-order valence-corrected chi connectivity index (χ1v) is 13.7. The molecule has 0 bridgehead atoms. The van der Waals surface area contributed by atoms with Crippen molar-refractivity contribution in [2.45, 2.75) is 18.6 Å². The number of halogens is 1. The smallest absolute Gasteiger partial charge is 0.236 e. The van der Waals surface area contributed by atoms with Gasteiger partial charge in [-0.3, -0.25) is 4.79 Å². The number of carbonyl (C=O) groups excluding carboxylic acids is 1. The lowest BCUT2D eigenvalue weighted by atomic mass is 10.1. The van der Waals surface area contributed by atoms with Crippen LogP contribution in [0.4, 0.5) is 5.13 Å². The van der Waals surface area contributed by atoms with Crippen molar-refractivity contribution in [3.63, 3.8) is 0 Å². The number of thiazole rings is 1. The lowest BCUT2D eigenvalue weighted by Gasteiger charge is -2.07. The Morgan fingerprint density at radius 2 is 1.91 bits per heavy atom. The van der Waals surface area contributed by atoms with Crippen LogP contribution in [0.3, 0.4) is 0 Å². The molecular weight excluding hydrogens is 538 g/mol. The highest BCUT2D eigenvalue weighted by Gasteiger charge is 2.18. The first-order valence-electron chi connectivity index (χ1n) is 10.2. The predicted molar refractivity (Wildman–Crippen MR) is 141 cm³/mol. The number of rotatable bonds is 7. The largest absolute Gasteiger partial charge is 0.302 e. The normalized spacial score (nSPS) is 11.2. The Kier molecular flexibility index (Phi) is 6.59. The minimum absolute atomic E-state index is 0.120. The minimum atomic E-state index is -0.120. The second-order valence-electron chi connectivity index (χ2n) is 7.08. The van der Waals surface area contributed by atoms with Gasteiger partial charge in [-0.2, -0.15) is 0 Å². The summed E-state index contributed by atoms with van der Waals surface area (Å²) in [4.78, 5) is 17.1. The third-order valence-corrected chi connectivity index (χ3v) is 8.19. The van der Waals surface area contributed by atoms with E-state index in [0.29, 0.717) is 5.13 Å².